The monoisotopic (exact) mass is 455 g/mol. The summed E-state index contributed by atoms with van der Waals surface area (Å²) in [5.74, 6) is 1.53. The summed E-state index contributed by atoms with van der Waals surface area (Å²) < 4.78 is 10.8. The molecule has 3 aromatic rings. The minimum Gasteiger partial charge on any atom is -0.496 e. The van der Waals surface area contributed by atoms with Gasteiger partial charge in [0.15, 0.2) is 0 Å². The smallest absolute Gasteiger partial charge is 0.261 e. The van der Waals surface area contributed by atoms with E-state index in [1.165, 1.54) is 11.3 Å². The number of aromatic nitrogens is 2. The number of nitrogens with zero attached hydrogens (tertiary/aromatic N) is 3. The van der Waals surface area contributed by atoms with Crippen LogP contribution in [-0.4, -0.2) is 73.8 Å². The molecule has 2 aromatic heterocycles. The average Bonchev–Trinajstić information content (AvgIpc) is 3.17. The largest absolute Gasteiger partial charge is 0.496 e. The normalized spacial score (nSPS) is 14.4. The van der Waals surface area contributed by atoms with Crippen LogP contribution in [0.1, 0.15) is 20.8 Å². The molecule has 1 fully saturated rings. The number of amides is 1. The van der Waals surface area contributed by atoms with E-state index in [4.69, 9.17) is 9.47 Å². The summed E-state index contributed by atoms with van der Waals surface area (Å²) in [5.41, 5.74) is 1.98. The highest BCUT2D eigenvalue weighted by Crippen LogP contribution is 2.33. The molecule has 1 aliphatic rings. The number of thiophene rings is 1. The van der Waals surface area contributed by atoms with Gasteiger partial charge in [-0.05, 0) is 30.5 Å². The Morgan fingerprint density at radius 3 is 2.84 bits per heavy atom. The second-order valence-electron chi connectivity index (χ2n) is 7.66. The molecule has 3 heterocycles. The molecule has 0 bridgehead atoms. The second kappa shape index (κ2) is 10.7. The van der Waals surface area contributed by atoms with Crippen LogP contribution in [0.3, 0.4) is 0 Å². The van der Waals surface area contributed by atoms with Gasteiger partial charge in [-0.25, -0.2) is 9.97 Å². The number of carbonyl (C=O) groups excluding carboxylic acids is 1. The SMILES string of the molecule is COc1ccccc1CCNC(=O)c1sc2ncnc(NCCN3CCOCC3)c2c1C. The molecule has 0 atom stereocenters. The van der Waals surface area contributed by atoms with Crippen molar-refractivity contribution in [3.63, 3.8) is 0 Å². The van der Waals surface area contributed by atoms with Crippen LogP contribution in [0, 0.1) is 6.92 Å². The third-order valence-corrected chi connectivity index (χ3v) is 6.83. The van der Waals surface area contributed by atoms with Gasteiger partial charge < -0.3 is 20.1 Å². The minimum atomic E-state index is -0.0836. The molecule has 1 saturated heterocycles. The van der Waals surface area contributed by atoms with Gasteiger partial charge in [-0.3, -0.25) is 9.69 Å². The van der Waals surface area contributed by atoms with E-state index in [1.54, 1.807) is 13.4 Å². The van der Waals surface area contributed by atoms with E-state index in [9.17, 15) is 4.79 Å². The second-order valence-corrected chi connectivity index (χ2v) is 8.66. The van der Waals surface area contributed by atoms with Gasteiger partial charge in [0.05, 0.1) is 30.6 Å². The molecule has 0 unspecified atom stereocenters. The molecular formula is C23H29N5O3S. The minimum absolute atomic E-state index is 0.0836. The molecule has 32 heavy (non-hydrogen) atoms. The third kappa shape index (κ3) is 5.17. The van der Waals surface area contributed by atoms with Crippen molar-refractivity contribution in [3.8, 4) is 5.75 Å². The van der Waals surface area contributed by atoms with E-state index in [0.717, 1.165) is 72.3 Å². The Bertz CT molecular complexity index is 1060. The van der Waals surface area contributed by atoms with Crippen molar-refractivity contribution in [2.24, 2.45) is 0 Å². The van der Waals surface area contributed by atoms with Crippen molar-refractivity contribution in [1.82, 2.24) is 20.2 Å². The van der Waals surface area contributed by atoms with Crippen LogP contribution in [0.25, 0.3) is 10.2 Å². The van der Waals surface area contributed by atoms with Crippen LogP contribution in [0.15, 0.2) is 30.6 Å². The first-order valence-electron chi connectivity index (χ1n) is 10.9. The highest BCUT2D eigenvalue weighted by atomic mass is 32.1. The zero-order valence-corrected chi connectivity index (χ0v) is 19.3. The number of nitrogens with one attached hydrogen (secondary N) is 2. The molecule has 0 radical (unpaired) electrons. The van der Waals surface area contributed by atoms with E-state index in [2.05, 4.69) is 25.5 Å². The van der Waals surface area contributed by atoms with Gasteiger partial charge in [0, 0.05) is 32.7 Å². The van der Waals surface area contributed by atoms with Crippen molar-refractivity contribution in [2.45, 2.75) is 13.3 Å². The number of morpholine rings is 1. The number of methoxy groups -OCH3 is 1. The standard InChI is InChI=1S/C23H29N5O3S/c1-16-19-21(24-9-10-28-11-13-31-14-12-28)26-15-27-23(19)32-20(16)22(29)25-8-7-17-5-3-4-6-18(17)30-2/h3-6,15H,7-14H2,1-2H3,(H,25,29)(H,24,26,27). The molecule has 0 saturated carbocycles. The first-order valence-corrected chi connectivity index (χ1v) is 11.7. The summed E-state index contributed by atoms with van der Waals surface area (Å²) >= 11 is 1.41. The van der Waals surface area contributed by atoms with E-state index in [1.807, 2.05) is 31.2 Å². The topological polar surface area (TPSA) is 88.6 Å². The van der Waals surface area contributed by atoms with Crippen LogP contribution >= 0.6 is 11.3 Å². The number of carbonyl (C=O) groups is 1. The van der Waals surface area contributed by atoms with E-state index in [0.29, 0.717) is 17.8 Å². The molecule has 0 spiro atoms. The van der Waals surface area contributed by atoms with E-state index in [-0.39, 0.29) is 5.91 Å². The summed E-state index contributed by atoms with van der Waals surface area (Å²) in [4.78, 5) is 25.6. The van der Waals surface area contributed by atoms with Gasteiger partial charge in [-0.2, -0.15) is 0 Å². The Hall–Kier alpha value is -2.75. The molecule has 0 aliphatic carbocycles. The Morgan fingerprint density at radius 2 is 2.03 bits per heavy atom. The molecule has 9 heteroatoms. The van der Waals surface area contributed by atoms with Crippen LogP contribution in [0.5, 0.6) is 5.75 Å². The molecule has 170 valence electrons. The van der Waals surface area contributed by atoms with Gasteiger partial charge in [0.1, 0.15) is 22.7 Å². The molecule has 2 N–H and O–H groups in total. The van der Waals surface area contributed by atoms with Gasteiger partial charge in [-0.1, -0.05) is 18.2 Å². The van der Waals surface area contributed by atoms with Crippen molar-refractivity contribution in [1.29, 1.82) is 0 Å². The Kier molecular flexibility index (Phi) is 7.51. The fourth-order valence-electron chi connectivity index (χ4n) is 3.88. The fraction of sp³-hybridized carbons (Fsp3) is 0.435. The predicted molar refractivity (Wildman–Crippen MR) is 127 cm³/mol. The quantitative estimate of drug-likeness (QED) is 0.513. The maximum atomic E-state index is 12.9. The summed E-state index contributed by atoms with van der Waals surface area (Å²) in [6.45, 7) is 7.69. The summed E-state index contributed by atoms with van der Waals surface area (Å²) in [7, 11) is 1.66. The fourth-order valence-corrected chi connectivity index (χ4v) is 4.94. The number of rotatable bonds is 9. The Balaban J connectivity index is 1.40. The first kappa shape index (κ1) is 22.4. The van der Waals surface area contributed by atoms with Gasteiger partial charge in [-0.15, -0.1) is 11.3 Å². The van der Waals surface area contributed by atoms with Crippen LogP contribution in [0.2, 0.25) is 0 Å². The Morgan fingerprint density at radius 1 is 1.22 bits per heavy atom. The molecule has 1 amide bonds. The summed E-state index contributed by atoms with van der Waals surface area (Å²) in [6, 6.07) is 7.86. The number of benzene rings is 1. The van der Waals surface area contributed by atoms with Gasteiger partial charge >= 0.3 is 0 Å². The van der Waals surface area contributed by atoms with Gasteiger partial charge in [0.2, 0.25) is 0 Å². The maximum absolute atomic E-state index is 12.9. The highest BCUT2D eigenvalue weighted by Gasteiger charge is 2.19. The molecule has 1 aliphatic heterocycles. The van der Waals surface area contributed by atoms with E-state index >= 15 is 0 Å². The highest BCUT2D eigenvalue weighted by molar-refractivity contribution is 7.20. The molecule has 4 rings (SSSR count). The number of ether oxygens (including phenoxy) is 2. The number of para-hydroxylation sites is 1. The van der Waals surface area contributed by atoms with Crippen LogP contribution in [0.4, 0.5) is 5.82 Å². The summed E-state index contributed by atoms with van der Waals surface area (Å²) in [5, 5.41) is 7.39. The molecule has 1 aromatic carbocycles. The molecule has 8 nitrogen and oxygen atoms in total. The molecular weight excluding hydrogens is 426 g/mol. The maximum Gasteiger partial charge on any atom is 0.261 e. The summed E-state index contributed by atoms with van der Waals surface area (Å²) in [6.07, 6.45) is 2.26. The number of aryl methyl sites for hydroxylation is 1. The van der Waals surface area contributed by atoms with E-state index < -0.39 is 0 Å². The van der Waals surface area contributed by atoms with Gasteiger partial charge in [0.25, 0.3) is 5.91 Å². The third-order valence-electron chi connectivity index (χ3n) is 5.63. The Labute approximate surface area is 192 Å². The van der Waals surface area contributed by atoms with Crippen molar-refractivity contribution in [2.75, 3.05) is 58.4 Å². The van der Waals surface area contributed by atoms with Crippen molar-refractivity contribution < 1.29 is 14.3 Å². The lowest BCUT2D eigenvalue weighted by atomic mass is 10.1. The number of fused-ring (bicyclic) bond motifs is 1. The first-order chi connectivity index (χ1) is 15.7. The van der Waals surface area contributed by atoms with Crippen LogP contribution in [-0.2, 0) is 11.2 Å². The average molecular weight is 456 g/mol. The lowest BCUT2D eigenvalue weighted by Crippen LogP contribution is -2.39. The number of hydrogen-bond acceptors (Lipinski definition) is 8. The lowest BCUT2D eigenvalue weighted by molar-refractivity contribution is 0.0398. The van der Waals surface area contributed by atoms with Crippen molar-refractivity contribution in [3.05, 3.63) is 46.6 Å². The lowest BCUT2D eigenvalue weighted by Gasteiger charge is -2.26. The number of anilines is 1. The zero-order chi connectivity index (χ0) is 22.3. The predicted octanol–water partition coefficient (Wildman–Crippen LogP) is 2.72. The van der Waals surface area contributed by atoms with Crippen molar-refractivity contribution >= 4 is 33.3 Å². The zero-order valence-electron chi connectivity index (χ0n) is 18.5. The van der Waals surface area contributed by atoms with Crippen LogP contribution < -0.4 is 15.4 Å². The number of hydrogen-bond donors (Lipinski definition) is 2.